The molecule has 145 heavy (non-hydrogen) atoms. The van der Waals surface area contributed by atoms with E-state index < -0.39 is 266 Å². The van der Waals surface area contributed by atoms with Gasteiger partial charge in [-0.25, -0.2) is 0 Å². The van der Waals surface area contributed by atoms with Crippen LogP contribution in [0.2, 0.25) is 0 Å². The van der Waals surface area contributed by atoms with E-state index in [0.717, 1.165) is 102 Å². The third-order valence-electron chi connectivity index (χ3n) is 30.8. The zero-order chi connectivity index (χ0) is 106. The SMILES string of the molecule is C[C@@H](NC(=O)CN1CCN(CC(=O)O)CCN(CC(=O)O)CCN(CC(=O)O)CC1)C(=O)N[C@@H](CO)C(=O)N[C@@](C)(CC(=O)O)C(=O)N[C@H]1C/C=C/C[C@@H](C(=O)N2CCC[C@@]2(C)C(=O)N[C@@H](CC2CCCCC2)C(=O)N[C@@H](CC(=O)O)C(N)=O)NC(=O)[C@H](CC(N)=O)NC(=O)[C@H](CC2CCC3CCCCC3C2)NC(=O)[C@H](CC2CCNCC2)NC(=O)[C@H](CC(C)(C)C)NC(=O)[C@H](CC2CCCC3CCCCC32)NC1=O. The van der Waals surface area contributed by atoms with Crippen LogP contribution in [0.25, 0.3) is 0 Å². The van der Waals surface area contributed by atoms with Crippen LogP contribution in [0.1, 0.15) is 253 Å². The summed E-state index contributed by atoms with van der Waals surface area (Å²) < 4.78 is 0. The van der Waals surface area contributed by atoms with Crippen molar-refractivity contribution in [3.05, 3.63) is 12.2 Å². The van der Waals surface area contributed by atoms with Gasteiger partial charge in [-0.2, -0.15) is 0 Å². The van der Waals surface area contributed by atoms with Gasteiger partial charge < -0.3 is 116 Å². The van der Waals surface area contributed by atoms with Gasteiger partial charge in [0.1, 0.15) is 77.5 Å². The fourth-order valence-electron chi connectivity index (χ4n) is 22.8. The molecule has 9 rings (SSSR count). The molecule has 9 aliphatic rings. The number of piperidine rings is 1. The summed E-state index contributed by atoms with van der Waals surface area (Å²) in [5.74, 6) is -21.8. The first kappa shape index (κ1) is 117. The summed E-state index contributed by atoms with van der Waals surface area (Å²) in [6.45, 7) is 7.43. The van der Waals surface area contributed by atoms with Crippen molar-refractivity contribution in [1.29, 1.82) is 0 Å². The third-order valence-corrected chi connectivity index (χ3v) is 30.8. The summed E-state index contributed by atoms with van der Waals surface area (Å²) in [6, 6.07) is -18.3. The van der Waals surface area contributed by atoms with Gasteiger partial charge in [0.05, 0.1) is 52.0 Å². The molecule has 46 heteroatoms. The highest BCUT2D eigenvalue weighted by Crippen LogP contribution is 2.47. The number of carbonyl (C=O) groups is 20. The van der Waals surface area contributed by atoms with E-state index in [1.807, 2.05) is 20.8 Å². The van der Waals surface area contributed by atoms with Crippen molar-refractivity contribution in [1.82, 2.24) is 93.6 Å². The number of aliphatic hydroxyl groups is 1. The van der Waals surface area contributed by atoms with E-state index in [1.165, 1.54) is 35.8 Å². The molecule has 0 aromatic heterocycles. The van der Waals surface area contributed by atoms with Crippen molar-refractivity contribution in [2.24, 2.45) is 64.2 Å². The molecule has 0 aromatic rings. The molecule has 23 N–H and O–H groups in total. The minimum absolute atomic E-state index is 0.0137. The zero-order valence-electron chi connectivity index (χ0n) is 85.0. The zero-order valence-corrected chi connectivity index (χ0v) is 85.0. The molecule has 0 bridgehead atoms. The molecule has 812 valence electrons. The van der Waals surface area contributed by atoms with Crippen LogP contribution in [0.15, 0.2) is 12.2 Å². The van der Waals surface area contributed by atoms with Crippen LogP contribution in [0.5, 0.6) is 0 Å². The monoisotopic (exact) mass is 2050 g/mol. The molecule has 46 nitrogen and oxygen atoms in total. The molecule has 15 amide bonds. The molecule has 8 fully saturated rings. The highest BCUT2D eigenvalue weighted by atomic mass is 16.4. The Balaban J connectivity index is 1.10. The van der Waals surface area contributed by atoms with E-state index in [-0.39, 0.29) is 139 Å². The normalized spacial score (nSPS) is 28.4. The van der Waals surface area contributed by atoms with Gasteiger partial charge in [0.25, 0.3) is 0 Å². The Labute approximate surface area is 846 Å². The summed E-state index contributed by atoms with van der Waals surface area (Å²) in [4.78, 5) is 294. The lowest BCUT2D eigenvalue weighted by Crippen LogP contribution is -2.65. The summed E-state index contributed by atoms with van der Waals surface area (Å²) in [5.41, 5.74) is 6.22. The predicted octanol–water partition coefficient (Wildman–Crippen LogP) is -1.49. The quantitative estimate of drug-likeness (QED) is 0.0315. The Bertz CT molecular complexity index is 4530. The van der Waals surface area contributed by atoms with Crippen molar-refractivity contribution in [3.63, 3.8) is 0 Å². The summed E-state index contributed by atoms with van der Waals surface area (Å²) >= 11 is 0. The Kier molecular flexibility index (Phi) is 45.5. The number of carbonyl (C=O) groups excluding carboxylic acids is 15. The first-order valence-electron chi connectivity index (χ1n) is 52.2. The average Bonchev–Trinajstić information content (AvgIpc) is 1.63. The van der Waals surface area contributed by atoms with Crippen molar-refractivity contribution in [3.8, 4) is 0 Å². The maximum absolute atomic E-state index is 16.1. The van der Waals surface area contributed by atoms with Gasteiger partial charge in [0.2, 0.25) is 88.6 Å². The molecular formula is C99H160N20O26. The summed E-state index contributed by atoms with van der Waals surface area (Å²) in [7, 11) is 0. The van der Waals surface area contributed by atoms with Gasteiger partial charge in [-0.05, 0) is 177 Å². The van der Waals surface area contributed by atoms with Crippen LogP contribution < -0.4 is 80.6 Å². The minimum atomic E-state index is -2.68. The number of rotatable bonds is 37. The average molecular weight is 2050 g/mol. The fraction of sp³-hybridized carbons (Fsp3) is 0.778. The molecular weight excluding hydrogens is 1890 g/mol. The van der Waals surface area contributed by atoms with E-state index in [9.17, 15) is 83.4 Å². The molecule has 0 radical (unpaired) electrons. The number of hydrogen-bond donors (Lipinski definition) is 21. The number of nitrogens with one attached hydrogen (secondary N) is 13. The van der Waals surface area contributed by atoms with E-state index in [0.29, 0.717) is 69.9 Å². The molecule has 5 aliphatic carbocycles. The van der Waals surface area contributed by atoms with Gasteiger partial charge in [0.15, 0.2) is 0 Å². The van der Waals surface area contributed by atoms with Crippen molar-refractivity contribution in [2.75, 3.05) is 105 Å². The maximum atomic E-state index is 16.1. The first-order valence-corrected chi connectivity index (χ1v) is 52.2. The van der Waals surface area contributed by atoms with E-state index in [4.69, 9.17) is 11.5 Å². The summed E-state index contributed by atoms with van der Waals surface area (Å²) in [6.07, 6.45) is 15.3. The van der Waals surface area contributed by atoms with Gasteiger partial charge in [-0.1, -0.05) is 136 Å². The number of carboxylic acid groups (broad SMARTS) is 5. The Morgan fingerprint density at radius 3 is 1.53 bits per heavy atom. The molecule has 3 saturated heterocycles. The van der Waals surface area contributed by atoms with Gasteiger partial charge >= 0.3 is 29.8 Å². The summed E-state index contributed by atoms with van der Waals surface area (Å²) in [5, 5.41) is 95.9. The predicted molar refractivity (Wildman–Crippen MR) is 525 cm³/mol. The lowest BCUT2D eigenvalue weighted by atomic mass is 9.64. The standard InChI is InChI=1S/C99H160N20O26/c1-58(103-78(122)53-115-36-38-116(54-81(127)128)40-42-118(56-83(131)132)43-41-117(39-37-115)55-82(129)130)85(134)111-76(57-120)93(142)114-98(5,52-80(125)126)95(144)112-67-26-14-15-27-68(94(143)119-35-17-32-99(119,6)96(145)113-72(45-59-18-8-7-9-19-59)89(138)105-69(84(101)133)50-79(123)124)104-91(140)74(49-77(100)121)109-88(137)71(47-61-28-29-62-20-10-11-22-64(62)44-61)106-87(136)70(46-60-30-33-102-34-31-60)107-92(141)75(51-97(2,3)4)110-90(139)73(108-86(67)135)48-65-24-16-23-63-21-12-13-25-66(63)65/h14-15,58-76,102,120H,7-13,16-57H2,1-6H3,(H2,100,121)(H2,101,133)(H,103,122)(H,104,140)(H,105,138)(H,106,136)(H,107,141)(H,108,135)(H,109,137)(H,110,139)(H,111,134)(H,112,144)(H,113,145)(H,114,142)(H,123,124)(H,125,126)(H,127,128)(H,129,130)(H,131,132)/b15-14+/t58-,61?,62?,63?,64?,65?,66?,67+,68+,69+,70+,71+,72+,73+,74+,75+,76+,98+,99+/m1/s1. The fourth-order valence-corrected chi connectivity index (χ4v) is 22.8. The van der Waals surface area contributed by atoms with E-state index in [2.05, 4.69) is 69.1 Å². The number of likely N-dealkylation sites (tertiary alicyclic amines) is 1. The molecule has 5 saturated carbocycles. The van der Waals surface area contributed by atoms with Crippen molar-refractivity contribution in [2.45, 2.75) is 331 Å². The lowest BCUT2D eigenvalue weighted by molar-refractivity contribution is -0.147. The van der Waals surface area contributed by atoms with Crippen LogP contribution in [-0.2, 0) is 95.9 Å². The topological polar surface area (TPSA) is 687 Å². The van der Waals surface area contributed by atoms with Crippen LogP contribution >= 0.6 is 0 Å². The smallest absolute Gasteiger partial charge is 0.317 e. The number of nitrogens with two attached hydrogens (primary N) is 2. The lowest BCUT2D eigenvalue weighted by Gasteiger charge is -2.42. The van der Waals surface area contributed by atoms with Gasteiger partial charge in [-0.3, -0.25) is 115 Å². The number of carboxylic acids is 5. The van der Waals surface area contributed by atoms with Crippen LogP contribution in [-0.4, -0.2) is 356 Å². The van der Waals surface area contributed by atoms with Crippen molar-refractivity contribution >= 4 is 118 Å². The highest BCUT2D eigenvalue weighted by molar-refractivity contribution is 6.03. The van der Waals surface area contributed by atoms with E-state index >= 15 is 43.2 Å². The van der Waals surface area contributed by atoms with E-state index in [1.54, 1.807) is 9.80 Å². The number of fused-ring (bicyclic) bond motifs is 2. The third kappa shape index (κ3) is 37.4. The highest BCUT2D eigenvalue weighted by Gasteiger charge is 2.51. The molecule has 19 atom stereocenters. The Morgan fingerprint density at radius 1 is 0.469 bits per heavy atom. The Morgan fingerprint density at radius 2 is 0.972 bits per heavy atom. The molecule has 0 spiro atoms. The van der Waals surface area contributed by atoms with Crippen molar-refractivity contribution < 1.29 is 127 Å². The molecule has 4 aliphatic heterocycles. The molecule has 0 aromatic carbocycles. The maximum Gasteiger partial charge on any atom is 0.317 e. The first-order chi connectivity index (χ1) is 68.6. The number of nitrogens with zero attached hydrogens (tertiary/aromatic N) is 5. The number of aliphatic carboxylic acids is 5. The van der Waals surface area contributed by atoms with Crippen LogP contribution in [0, 0.1) is 52.8 Å². The second kappa shape index (κ2) is 56.2. The van der Waals surface area contributed by atoms with Gasteiger partial charge in [0, 0.05) is 58.9 Å². The minimum Gasteiger partial charge on any atom is -0.481 e. The Hall–Kier alpha value is -11.1. The number of amides is 15. The van der Waals surface area contributed by atoms with Crippen LogP contribution in [0.4, 0.5) is 0 Å². The molecule has 4 heterocycles. The number of aliphatic hydroxyl groups excluding tert-OH is 1. The number of hydrogen-bond acceptors (Lipinski definition) is 26. The second-order valence-electron chi connectivity index (χ2n) is 43.5. The largest absolute Gasteiger partial charge is 0.481 e. The number of primary amides is 2. The second-order valence-corrected chi connectivity index (χ2v) is 43.5. The molecule has 6 unspecified atom stereocenters. The van der Waals surface area contributed by atoms with Gasteiger partial charge in [-0.15, -0.1) is 0 Å². The van der Waals surface area contributed by atoms with Crippen LogP contribution in [0.3, 0.4) is 0 Å².